The summed E-state index contributed by atoms with van der Waals surface area (Å²) in [5.74, 6) is -4.27. The molecule has 4 aromatic rings. The van der Waals surface area contributed by atoms with Gasteiger partial charge in [-0.3, -0.25) is 24.5 Å². The highest BCUT2D eigenvalue weighted by atomic mass is 16.6. The maximum atomic E-state index is 14.5. The van der Waals surface area contributed by atoms with E-state index in [0.717, 1.165) is 27.2 Å². The van der Waals surface area contributed by atoms with Crippen LogP contribution in [-0.4, -0.2) is 34.0 Å². The summed E-state index contributed by atoms with van der Waals surface area (Å²) in [6.45, 7) is 1.70. The number of amides is 3. The molecule has 4 aliphatic rings. The molecule has 0 radical (unpaired) electrons. The number of nitro groups is 1. The zero-order chi connectivity index (χ0) is 30.0. The summed E-state index contributed by atoms with van der Waals surface area (Å²) >= 11 is 0. The lowest BCUT2D eigenvalue weighted by molar-refractivity contribution is -0.384. The second kappa shape index (κ2) is 9.45. The number of phenolic OH excluding ortho intramolecular Hbond substituents is 1. The first-order valence-corrected chi connectivity index (χ1v) is 13.7. The number of nitrogens with one attached hydrogen (secondary N) is 1. The van der Waals surface area contributed by atoms with E-state index in [-0.39, 0.29) is 22.7 Å². The molecule has 0 saturated carbocycles. The third-order valence-electron chi connectivity index (χ3n) is 8.84. The van der Waals surface area contributed by atoms with Gasteiger partial charge in [-0.1, -0.05) is 66.7 Å². The van der Waals surface area contributed by atoms with Crippen molar-refractivity contribution in [1.82, 2.24) is 5.43 Å². The first-order chi connectivity index (χ1) is 20.8. The summed E-state index contributed by atoms with van der Waals surface area (Å²) < 4.78 is 0. The van der Waals surface area contributed by atoms with Crippen molar-refractivity contribution in [2.45, 2.75) is 18.3 Å². The SMILES string of the molecule is Cc1ccc(N2C(=O)[C@@H]3C4c5ccccc5C(/C=N/NC(=O)c5ccccc5O)(c5ccccc54)[C@H]3C2=O)c([N+](=O)[O-])c1. The van der Waals surface area contributed by atoms with Crippen LogP contribution in [0.1, 0.15) is 44.1 Å². The largest absolute Gasteiger partial charge is 0.507 e. The standard InChI is InChI=1S/C33H24N4O6/c1-18-14-15-24(25(16-18)37(42)43)36-31(40)28-27-19-8-2-5-11-22(19)33(29(28)32(36)41,23-12-6-3-9-20(23)27)17-34-35-30(39)21-10-4-7-13-26(21)38/h2-17,27-29,38H,1H3,(H,35,39)/b34-17+/t27?,28-,29-,33?/m1/s1. The second-order valence-electron chi connectivity index (χ2n) is 11.0. The number of aromatic hydroxyl groups is 1. The van der Waals surface area contributed by atoms with Gasteiger partial charge in [-0.05, 0) is 52.9 Å². The quantitative estimate of drug-likeness (QED) is 0.155. The molecule has 2 N–H and O–H groups in total. The number of rotatable bonds is 5. The predicted octanol–water partition coefficient (Wildman–Crippen LogP) is 4.58. The van der Waals surface area contributed by atoms with Gasteiger partial charge in [-0.15, -0.1) is 0 Å². The highest BCUT2D eigenvalue weighted by Crippen LogP contribution is 2.64. The summed E-state index contributed by atoms with van der Waals surface area (Å²) in [6.07, 6.45) is 1.49. The van der Waals surface area contributed by atoms with Gasteiger partial charge in [0.25, 0.3) is 11.6 Å². The van der Waals surface area contributed by atoms with E-state index in [1.807, 2.05) is 48.5 Å². The number of carbonyl (C=O) groups excluding carboxylic acids is 3. The Labute approximate surface area is 245 Å². The number of phenols is 1. The molecule has 3 amide bonds. The normalized spacial score (nSPS) is 23.2. The Hall–Kier alpha value is -5.64. The maximum Gasteiger partial charge on any atom is 0.293 e. The van der Waals surface area contributed by atoms with Crippen molar-refractivity contribution in [3.05, 3.63) is 134 Å². The molecule has 1 fully saturated rings. The number of nitro benzene ring substituents is 1. The molecule has 1 heterocycles. The first-order valence-electron chi connectivity index (χ1n) is 13.7. The van der Waals surface area contributed by atoms with Crippen molar-refractivity contribution >= 4 is 35.3 Å². The average Bonchev–Trinajstić information content (AvgIpc) is 3.28. The molecule has 0 spiro atoms. The molecular formula is C33H24N4O6. The van der Waals surface area contributed by atoms with Gasteiger partial charge in [0.05, 0.1) is 27.7 Å². The number of nitrogens with zero attached hydrogens (tertiary/aromatic N) is 3. The minimum atomic E-state index is -1.28. The molecule has 8 rings (SSSR count). The minimum absolute atomic E-state index is 0.0214. The average molecular weight is 573 g/mol. The summed E-state index contributed by atoms with van der Waals surface area (Å²) in [7, 11) is 0. The van der Waals surface area contributed by atoms with Crippen molar-refractivity contribution in [3.63, 3.8) is 0 Å². The highest BCUT2D eigenvalue weighted by Gasteiger charge is 2.68. The number of aryl methyl sites for hydroxylation is 1. The van der Waals surface area contributed by atoms with Crippen molar-refractivity contribution in [2.24, 2.45) is 16.9 Å². The monoisotopic (exact) mass is 572 g/mol. The van der Waals surface area contributed by atoms with Gasteiger partial charge >= 0.3 is 0 Å². The molecular weight excluding hydrogens is 548 g/mol. The molecule has 1 saturated heterocycles. The summed E-state index contributed by atoms with van der Waals surface area (Å²) in [5, 5.41) is 26.5. The highest BCUT2D eigenvalue weighted by molar-refractivity contribution is 6.25. The second-order valence-corrected chi connectivity index (χ2v) is 11.0. The molecule has 0 unspecified atom stereocenters. The van der Waals surface area contributed by atoms with Gasteiger partial charge in [0.15, 0.2) is 0 Å². The number of anilines is 1. The molecule has 4 aromatic carbocycles. The van der Waals surface area contributed by atoms with Crippen LogP contribution in [0.2, 0.25) is 0 Å². The first kappa shape index (κ1) is 26.3. The van der Waals surface area contributed by atoms with Crippen molar-refractivity contribution < 1.29 is 24.4 Å². The van der Waals surface area contributed by atoms with Gasteiger partial charge in [0, 0.05) is 18.2 Å². The van der Waals surface area contributed by atoms with Crippen LogP contribution >= 0.6 is 0 Å². The summed E-state index contributed by atoms with van der Waals surface area (Å²) in [4.78, 5) is 54.1. The van der Waals surface area contributed by atoms with Crippen LogP contribution in [0.5, 0.6) is 5.75 Å². The van der Waals surface area contributed by atoms with Gasteiger partial charge in [0.1, 0.15) is 11.4 Å². The van der Waals surface area contributed by atoms with Crippen LogP contribution in [0.25, 0.3) is 0 Å². The molecule has 0 aromatic heterocycles. The molecule has 43 heavy (non-hydrogen) atoms. The van der Waals surface area contributed by atoms with Crippen molar-refractivity contribution in [3.8, 4) is 5.75 Å². The third kappa shape index (κ3) is 3.59. The zero-order valence-electron chi connectivity index (χ0n) is 22.8. The van der Waals surface area contributed by atoms with E-state index < -0.39 is 45.8 Å². The number of hydrogen-bond acceptors (Lipinski definition) is 7. The van der Waals surface area contributed by atoms with E-state index >= 15 is 0 Å². The number of para-hydroxylation sites is 1. The van der Waals surface area contributed by atoms with Crippen LogP contribution in [-0.2, 0) is 15.0 Å². The van der Waals surface area contributed by atoms with Crippen LogP contribution < -0.4 is 10.3 Å². The molecule has 212 valence electrons. The Balaban J connectivity index is 1.42. The summed E-state index contributed by atoms with van der Waals surface area (Å²) in [5.41, 5.74) is 4.66. The van der Waals surface area contributed by atoms with Crippen molar-refractivity contribution in [1.29, 1.82) is 0 Å². The number of hydrazone groups is 1. The Morgan fingerprint density at radius 2 is 1.58 bits per heavy atom. The van der Waals surface area contributed by atoms with E-state index in [4.69, 9.17) is 0 Å². The fourth-order valence-corrected chi connectivity index (χ4v) is 7.17. The minimum Gasteiger partial charge on any atom is -0.507 e. The van der Waals surface area contributed by atoms with E-state index in [1.54, 1.807) is 25.1 Å². The van der Waals surface area contributed by atoms with Gasteiger partial charge in [-0.25, -0.2) is 10.3 Å². The van der Waals surface area contributed by atoms with E-state index in [9.17, 15) is 29.6 Å². The number of hydrogen-bond donors (Lipinski definition) is 2. The Morgan fingerprint density at radius 3 is 2.23 bits per heavy atom. The van der Waals surface area contributed by atoms with Gasteiger partial charge < -0.3 is 5.11 Å². The summed E-state index contributed by atoms with van der Waals surface area (Å²) in [6, 6.07) is 25.5. The van der Waals surface area contributed by atoms with E-state index in [0.29, 0.717) is 5.56 Å². The Kier molecular flexibility index (Phi) is 5.77. The fraction of sp³-hybridized carbons (Fsp3) is 0.152. The topological polar surface area (TPSA) is 142 Å². The Morgan fingerprint density at radius 1 is 0.953 bits per heavy atom. The Bertz CT molecular complexity index is 1870. The van der Waals surface area contributed by atoms with Crippen LogP contribution in [0.3, 0.4) is 0 Å². The molecule has 2 bridgehead atoms. The lowest BCUT2D eigenvalue weighted by Gasteiger charge is -2.52. The number of imide groups is 1. The molecule has 10 heteroatoms. The number of carbonyl (C=O) groups is 3. The molecule has 3 aliphatic carbocycles. The molecule has 10 nitrogen and oxygen atoms in total. The third-order valence-corrected chi connectivity index (χ3v) is 8.84. The van der Waals surface area contributed by atoms with Crippen molar-refractivity contribution in [2.75, 3.05) is 4.90 Å². The predicted molar refractivity (Wildman–Crippen MR) is 157 cm³/mol. The lowest BCUT2D eigenvalue weighted by Crippen LogP contribution is -2.54. The van der Waals surface area contributed by atoms with Crippen LogP contribution in [0.4, 0.5) is 11.4 Å². The molecule has 2 atom stereocenters. The maximum absolute atomic E-state index is 14.5. The van der Waals surface area contributed by atoms with Crippen LogP contribution in [0, 0.1) is 28.9 Å². The van der Waals surface area contributed by atoms with Crippen LogP contribution in [0.15, 0.2) is 96.1 Å². The lowest BCUT2D eigenvalue weighted by atomic mass is 9.47. The molecule has 1 aliphatic heterocycles. The number of benzene rings is 4. The van der Waals surface area contributed by atoms with Gasteiger partial charge in [-0.2, -0.15) is 5.10 Å². The smallest absolute Gasteiger partial charge is 0.293 e. The van der Waals surface area contributed by atoms with Gasteiger partial charge in [0.2, 0.25) is 11.8 Å². The fourth-order valence-electron chi connectivity index (χ4n) is 7.17. The van der Waals surface area contributed by atoms with E-state index in [2.05, 4.69) is 10.5 Å². The van der Waals surface area contributed by atoms with E-state index in [1.165, 1.54) is 30.5 Å². The zero-order valence-corrected chi connectivity index (χ0v) is 22.8.